The molecule has 1 fully saturated rings. The van der Waals surface area contributed by atoms with Crippen LogP contribution in [0.1, 0.15) is 46.8 Å². The fourth-order valence-electron chi connectivity index (χ4n) is 3.82. The second-order valence-electron chi connectivity index (χ2n) is 7.85. The molecular formula is C19H24F3N5O6. The zero-order valence-electron chi connectivity index (χ0n) is 18.4. The lowest BCUT2D eigenvalue weighted by molar-refractivity contribution is -0.203. The average Bonchev–Trinajstić information content (AvgIpc) is 3.18. The minimum absolute atomic E-state index is 0.111. The van der Waals surface area contributed by atoms with Crippen LogP contribution in [0.25, 0.3) is 11.2 Å². The van der Waals surface area contributed by atoms with Gasteiger partial charge in [0, 0.05) is 26.8 Å². The number of H-pyrrole nitrogens is 1. The number of amides is 1. The first-order valence-corrected chi connectivity index (χ1v) is 10.3. The zero-order valence-corrected chi connectivity index (χ0v) is 18.4. The van der Waals surface area contributed by atoms with Crippen LogP contribution in [0.5, 0.6) is 0 Å². The molecule has 1 aliphatic heterocycles. The van der Waals surface area contributed by atoms with E-state index < -0.39 is 53.7 Å². The number of esters is 1. The Morgan fingerprint density at radius 3 is 2.55 bits per heavy atom. The molecule has 3 rings (SSSR count). The Labute approximate surface area is 184 Å². The number of nitrogens with one attached hydrogen (secondary N) is 2. The lowest BCUT2D eigenvalue weighted by Crippen LogP contribution is -2.34. The molecule has 2 aromatic rings. The van der Waals surface area contributed by atoms with Crippen molar-refractivity contribution in [1.29, 1.82) is 0 Å². The molecule has 2 N–H and O–H groups in total. The highest BCUT2D eigenvalue weighted by Gasteiger charge is 2.50. The number of aromatic nitrogens is 4. The summed E-state index contributed by atoms with van der Waals surface area (Å²) >= 11 is 0. The van der Waals surface area contributed by atoms with Gasteiger partial charge in [-0.25, -0.2) is 9.36 Å². The number of aromatic amines is 1. The average molecular weight is 475 g/mol. The number of alkyl halides is 3. The Hall–Kier alpha value is -3.16. The summed E-state index contributed by atoms with van der Waals surface area (Å²) < 4.78 is 52.8. The van der Waals surface area contributed by atoms with Gasteiger partial charge in [0.1, 0.15) is 6.10 Å². The van der Waals surface area contributed by atoms with Gasteiger partial charge in [-0.15, -0.1) is 0 Å². The van der Waals surface area contributed by atoms with Crippen molar-refractivity contribution < 1.29 is 32.2 Å². The fraction of sp³-hybridized carbons (Fsp3) is 0.632. The molecule has 182 valence electrons. The third-order valence-corrected chi connectivity index (χ3v) is 5.30. The Bertz CT molecular complexity index is 1180. The van der Waals surface area contributed by atoms with E-state index in [1.165, 1.54) is 6.92 Å². The topological polar surface area (TPSA) is 137 Å². The quantitative estimate of drug-likeness (QED) is 0.607. The molecule has 14 heteroatoms. The van der Waals surface area contributed by atoms with Gasteiger partial charge in [-0.05, 0) is 6.42 Å². The highest BCUT2D eigenvalue weighted by molar-refractivity contribution is 5.87. The van der Waals surface area contributed by atoms with E-state index in [4.69, 9.17) is 9.47 Å². The van der Waals surface area contributed by atoms with Crippen molar-refractivity contribution in [3.05, 3.63) is 20.8 Å². The van der Waals surface area contributed by atoms with Gasteiger partial charge >= 0.3 is 17.8 Å². The third kappa shape index (κ3) is 4.79. The molecule has 11 nitrogen and oxygen atoms in total. The maximum absolute atomic E-state index is 13.3. The van der Waals surface area contributed by atoms with E-state index in [0.29, 0.717) is 6.42 Å². The van der Waals surface area contributed by atoms with Crippen LogP contribution in [0.2, 0.25) is 0 Å². The molecule has 0 saturated carbocycles. The Morgan fingerprint density at radius 1 is 1.33 bits per heavy atom. The molecule has 1 amide bonds. The predicted octanol–water partition coefficient (Wildman–Crippen LogP) is 1.67. The van der Waals surface area contributed by atoms with Crippen molar-refractivity contribution >= 4 is 29.0 Å². The van der Waals surface area contributed by atoms with Gasteiger partial charge in [0.2, 0.25) is 11.9 Å². The minimum Gasteiger partial charge on any atom is -0.458 e. The highest BCUT2D eigenvalue weighted by atomic mass is 19.4. The smallest absolute Gasteiger partial charge is 0.394 e. The molecule has 1 saturated heterocycles. The fourth-order valence-corrected chi connectivity index (χ4v) is 3.82. The molecule has 0 aromatic carbocycles. The molecule has 0 aliphatic carbocycles. The number of anilines is 1. The summed E-state index contributed by atoms with van der Waals surface area (Å²) in [5, 5.41) is 2.30. The number of fused-ring (bicyclic) bond motifs is 1. The first-order chi connectivity index (χ1) is 15.3. The van der Waals surface area contributed by atoms with Crippen molar-refractivity contribution in [2.75, 3.05) is 5.32 Å². The third-order valence-electron chi connectivity index (χ3n) is 5.30. The highest BCUT2D eigenvalue weighted by Crippen LogP contribution is 2.40. The van der Waals surface area contributed by atoms with E-state index in [1.807, 2.05) is 0 Å². The Balaban J connectivity index is 2.22. The summed E-state index contributed by atoms with van der Waals surface area (Å²) in [6.45, 7) is 5.06. The SMILES string of the molecule is CCCn1c(=O)n([C@@H]2O[C@H]([C@H](C)C(F)(F)F)C[C@H]2OC(C)=O)c2nc(NC(C)=O)[nH]c(=O)c21. The summed E-state index contributed by atoms with van der Waals surface area (Å²) in [6, 6.07) is 0. The van der Waals surface area contributed by atoms with Crippen LogP contribution in [-0.2, 0) is 25.6 Å². The van der Waals surface area contributed by atoms with E-state index >= 15 is 0 Å². The molecule has 4 atom stereocenters. The van der Waals surface area contributed by atoms with Gasteiger partial charge in [-0.1, -0.05) is 13.8 Å². The normalized spacial score (nSPS) is 21.8. The number of rotatable bonds is 6. The van der Waals surface area contributed by atoms with Crippen LogP contribution in [0.15, 0.2) is 9.59 Å². The number of hydrogen-bond acceptors (Lipinski definition) is 7. The lowest BCUT2D eigenvalue weighted by atomic mass is 10.0. The van der Waals surface area contributed by atoms with E-state index in [2.05, 4.69) is 15.3 Å². The van der Waals surface area contributed by atoms with Crippen LogP contribution in [0, 0.1) is 5.92 Å². The number of carbonyl (C=O) groups excluding carboxylic acids is 2. The summed E-state index contributed by atoms with van der Waals surface area (Å²) in [5.74, 6) is -3.49. The van der Waals surface area contributed by atoms with Crippen molar-refractivity contribution in [3.8, 4) is 0 Å². The monoisotopic (exact) mass is 475 g/mol. The number of hydrogen-bond donors (Lipinski definition) is 2. The minimum atomic E-state index is -4.59. The number of aryl methyl sites for hydroxylation is 1. The lowest BCUT2D eigenvalue weighted by Gasteiger charge is -2.22. The van der Waals surface area contributed by atoms with Crippen LogP contribution < -0.4 is 16.6 Å². The number of nitrogens with zero attached hydrogens (tertiary/aromatic N) is 3. The molecule has 3 heterocycles. The summed E-state index contributed by atoms with van der Waals surface area (Å²) in [7, 11) is 0. The number of carbonyl (C=O) groups is 2. The van der Waals surface area contributed by atoms with Crippen molar-refractivity contribution in [1.82, 2.24) is 19.1 Å². The second-order valence-corrected chi connectivity index (χ2v) is 7.85. The maximum atomic E-state index is 13.3. The summed E-state index contributed by atoms with van der Waals surface area (Å²) in [5.41, 5.74) is -1.88. The van der Waals surface area contributed by atoms with E-state index in [0.717, 1.165) is 23.0 Å². The summed E-state index contributed by atoms with van der Waals surface area (Å²) in [6.07, 6.45) is -8.56. The van der Waals surface area contributed by atoms with Gasteiger partial charge in [0.15, 0.2) is 17.4 Å². The van der Waals surface area contributed by atoms with Crippen molar-refractivity contribution in [2.45, 2.75) is 71.7 Å². The van der Waals surface area contributed by atoms with Gasteiger partial charge in [0.05, 0.1) is 12.0 Å². The summed E-state index contributed by atoms with van der Waals surface area (Å²) in [4.78, 5) is 55.5. The van der Waals surface area contributed by atoms with Gasteiger partial charge in [0.25, 0.3) is 5.56 Å². The van der Waals surface area contributed by atoms with Crippen LogP contribution in [-0.4, -0.2) is 49.4 Å². The molecule has 0 bridgehead atoms. The second kappa shape index (κ2) is 9.00. The predicted molar refractivity (Wildman–Crippen MR) is 109 cm³/mol. The van der Waals surface area contributed by atoms with Crippen molar-refractivity contribution in [3.63, 3.8) is 0 Å². The Kier molecular flexibility index (Phi) is 6.68. The number of halogens is 3. The molecular weight excluding hydrogens is 451 g/mol. The first kappa shape index (κ1) is 24.5. The number of imidazole rings is 1. The Morgan fingerprint density at radius 2 is 2.00 bits per heavy atom. The van der Waals surface area contributed by atoms with E-state index in [9.17, 15) is 32.3 Å². The molecule has 0 unspecified atom stereocenters. The first-order valence-electron chi connectivity index (χ1n) is 10.3. The van der Waals surface area contributed by atoms with Gasteiger partial charge < -0.3 is 9.47 Å². The van der Waals surface area contributed by atoms with E-state index in [-0.39, 0.29) is 30.1 Å². The number of ether oxygens (including phenoxy) is 2. The molecule has 0 spiro atoms. The largest absolute Gasteiger partial charge is 0.458 e. The van der Waals surface area contributed by atoms with Crippen LogP contribution in [0.4, 0.5) is 19.1 Å². The molecule has 2 aromatic heterocycles. The molecule has 33 heavy (non-hydrogen) atoms. The van der Waals surface area contributed by atoms with Gasteiger partial charge in [-0.2, -0.15) is 18.2 Å². The maximum Gasteiger partial charge on any atom is 0.394 e. The van der Waals surface area contributed by atoms with Crippen molar-refractivity contribution in [2.24, 2.45) is 5.92 Å². The van der Waals surface area contributed by atoms with Gasteiger partial charge in [-0.3, -0.25) is 29.3 Å². The molecule has 0 radical (unpaired) electrons. The van der Waals surface area contributed by atoms with Crippen LogP contribution >= 0.6 is 0 Å². The standard InChI is InChI=1S/C19H24F3N5O6/c1-5-6-26-13-14(24-17(23-9(3)28)25-15(13)30)27(18(26)31)16-12(32-10(4)29)7-11(33-16)8(2)19(20,21)22/h8,11-12,16H,5-7H2,1-4H3,(H2,23,24,25,28,30)/t8-,11-,12+,16+/m0/s1. The van der Waals surface area contributed by atoms with E-state index in [1.54, 1.807) is 6.92 Å². The molecule has 1 aliphatic rings. The van der Waals surface area contributed by atoms with Crippen LogP contribution in [0.3, 0.4) is 0 Å². The zero-order chi connectivity index (χ0) is 24.7.